The first kappa shape index (κ1) is 18.3. The molecule has 0 aromatic heterocycles. The lowest BCUT2D eigenvalue weighted by atomic mass is 10.1. The van der Waals surface area contributed by atoms with Crippen LogP contribution in [0, 0.1) is 0 Å². The average Bonchev–Trinajstić information content (AvgIpc) is 2.35. The maximum absolute atomic E-state index is 11.2. The van der Waals surface area contributed by atoms with E-state index in [1.165, 1.54) is 58.3 Å². The van der Waals surface area contributed by atoms with Gasteiger partial charge in [-0.1, -0.05) is 58.3 Å². The second kappa shape index (κ2) is 13.7. The lowest BCUT2D eigenvalue weighted by molar-refractivity contribution is -0.128. The van der Waals surface area contributed by atoms with Crippen LogP contribution in [0.4, 0.5) is 0 Å². The van der Waals surface area contributed by atoms with Crippen LogP contribution >= 0.6 is 0 Å². The smallest absolute Gasteiger partial charge is 0.165 e. The number of ether oxygens (including phenoxy) is 1. The molecule has 0 aromatic carbocycles. The van der Waals surface area contributed by atoms with Crippen LogP contribution in [0.3, 0.4) is 0 Å². The fourth-order valence-electron chi connectivity index (χ4n) is 2.03. The normalized spacial score (nSPS) is 10.6. The molecule has 0 unspecified atom stereocenters. The van der Waals surface area contributed by atoms with E-state index in [2.05, 4.69) is 6.92 Å². The number of carbonyl (C=O) groups is 2. The summed E-state index contributed by atoms with van der Waals surface area (Å²) in [5, 5.41) is 0. The molecule has 0 rings (SSSR count). The Morgan fingerprint density at radius 1 is 0.842 bits per heavy atom. The van der Waals surface area contributed by atoms with Crippen LogP contribution in [0.2, 0.25) is 0 Å². The molecule has 0 aliphatic heterocycles. The van der Waals surface area contributed by atoms with Crippen molar-refractivity contribution in [2.45, 2.75) is 78.1 Å². The molecule has 0 heterocycles. The van der Waals surface area contributed by atoms with Gasteiger partial charge in [0.2, 0.25) is 0 Å². The van der Waals surface area contributed by atoms with Gasteiger partial charge in [0.25, 0.3) is 0 Å². The largest absolute Gasteiger partial charge is 0.374 e. The predicted octanol–water partition coefficient (Wildman–Crippen LogP) is 4.08. The van der Waals surface area contributed by atoms with E-state index in [0.717, 1.165) is 6.42 Å². The third-order valence-electron chi connectivity index (χ3n) is 3.10. The third-order valence-corrected chi connectivity index (χ3v) is 3.10. The Hall–Kier alpha value is -0.700. The van der Waals surface area contributed by atoms with Crippen LogP contribution in [0.5, 0.6) is 0 Å². The van der Waals surface area contributed by atoms with Crippen molar-refractivity contribution >= 4 is 11.6 Å². The molecule has 0 saturated carbocycles. The first-order valence-electron chi connectivity index (χ1n) is 7.75. The highest BCUT2D eigenvalue weighted by Gasteiger charge is 2.04. The molecular weight excluding hydrogens is 240 g/mol. The van der Waals surface area contributed by atoms with Crippen LogP contribution in [0.1, 0.15) is 78.1 Å². The van der Waals surface area contributed by atoms with E-state index >= 15 is 0 Å². The van der Waals surface area contributed by atoms with Crippen molar-refractivity contribution in [3.05, 3.63) is 0 Å². The minimum atomic E-state index is -0.108. The Kier molecular flexibility index (Phi) is 13.2. The van der Waals surface area contributed by atoms with E-state index in [1.807, 2.05) is 0 Å². The highest BCUT2D eigenvalue weighted by molar-refractivity contribution is 5.98. The van der Waals surface area contributed by atoms with Gasteiger partial charge in [0.05, 0.1) is 6.42 Å². The number of Topliss-reactive ketones (excluding diaryl/α,β-unsaturated/α-hetero) is 2. The van der Waals surface area contributed by atoms with Crippen molar-refractivity contribution < 1.29 is 14.3 Å². The molecule has 0 radical (unpaired) electrons. The van der Waals surface area contributed by atoms with Gasteiger partial charge in [-0.2, -0.15) is 0 Å². The summed E-state index contributed by atoms with van der Waals surface area (Å²) in [6.07, 6.45) is 11.5. The number of rotatable bonds is 14. The van der Waals surface area contributed by atoms with Gasteiger partial charge in [-0.25, -0.2) is 0 Å². The van der Waals surface area contributed by atoms with E-state index in [0.29, 0.717) is 6.61 Å². The highest BCUT2D eigenvalue weighted by Crippen LogP contribution is 2.09. The SMILES string of the molecule is CCCCCCCCCCCOCC(=O)CC(C)=O. The van der Waals surface area contributed by atoms with Gasteiger partial charge in [0, 0.05) is 6.61 Å². The monoisotopic (exact) mass is 270 g/mol. The zero-order chi connectivity index (χ0) is 14.3. The summed E-state index contributed by atoms with van der Waals surface area (Å²) in [5.41, 5.74) is 0. The van der Waals surface area contributed by atoms with Crippen LogP contribution in [0.25, 0.3) is 0 Å². The highest BCUT2D eigenvalue weighted by atomic mass is 16.5. The average molecular weight is 270 g/mol. The van der Waals surface area contributed by atoms with E-state index in [-0.39, 0.29) is 24.6 Å². The molecule has 0 saturated heterocycles. The van der Waals surface area contributed by atoms with Gasteiger partial charge in [0.15, 0.2) is 5.78 Å². The van der Waals surface area contributed by atoms with E-state index in [1.54, 1.807) is 0 Å². The Morgan fingerprint density at radius 3 is 1.89 bits per heavy atom. The van der Waals surface area contributed by atoms with Gasteiger partial charge in [-0.3, -0.25) is 9.59 Å². The molecule has 0 bridgehead atoms. The van der Waals surface area contributed by atoms with Gasteiger partial charge < -0.3 is 4.74 Å². The van der Waals surface area contributed by atoms with Gasteiger partial charge in [0.1, 0.15) is 12.4 Å². The zero-order valence-corrected chi connectivity index (χ0v) is 12.7. The first-order chi connectivity index (χ1) is 9.16. The maximum atomic E-state index is 11.2. The number of ketones is 2. The summed E-state index contributed by atoms with van der Waals surface area (Å²) >= 11 is 0. The molecule has 0 aliphatic rings. The van der Waals surface area contributed by atoms with Gasteiger partial charge >= 0.3 is 0 Å². The number of carbonyl (C=O) groups excluding carboxylic acids is 2. The number of hydrogen-bond acceptors (Lipinski definition) is 3. The van der Waals surface area contributed by atoms with Crippen molar-refractivity contribution in [3.63, 3.8) is 0 Å². The number of hydrogen-bond donors (Lipinski definition) is 0. The van der Waals surface area contributed by atoms with Crippen molar-refractivity contribution in [2.24, 2.45) is 0 Å². The predicted molar refractivity (Wildman–Crippen MR) is 78.4 cm³/mol. The summed E-state index contributed by atoms with van der Waals surface area (Å²) < 4.78 is 5.25. The van der Waals surface area contributed by atoms with Crippen molar-refractivity contribution in [1.29, 1.82) is 0 Å². The lowest BCUT2D eigenvalue weighted by Gasteiger charge is -2.03. The van der Waals surface area contributed by atoms with Crippen LogP contribution in [-0.4, -0.2) is 24.8 Å². The summed E-state index contributed by atoms with van der Waals surface area (Å²) in [7, 11) is 0. The molecule has 3 nitrogen and oxygen atoms in total. The molecule has 112 valence electrons. The first-order valence-corrected chi connectivity index (χ1v) is 7.75. The Balaban J connectivity index is 3.10. The molecule has 0 N–H and O–H groups in total. The van der Waals surface area contributed by atoms with Gasteiger partial charge in [-0.05, 0) is 13.3 Å². The van der Waals surface area contributed by atoms with Crippen LogP contribution < -0.4 is 0 Å². The minimum Gasteiger partial charge on any atom is -0.374 e. The molecule has 0 spiro atoms. The molecule has 3 heteroatoms. The fraction of sp³-hybridized carbons (Fsp3) is 0.875. The summed E-state index contributed by atoms with van der Waals surface area (Å²) in [6, 6.07) is 0. The standard InChI is InChI=1S/C16H30O3/c1-3-4-5-6-7-8-9-10-11-12-19-14-16(18)13-15(2)17/h3-14H2,1-2H3. The van der Waals surface area contributed by atoms with Crippen LogP contribution in [0.15, 0.2) is 0 Å². The molecule has 0 aromatic rings. The molecule has 0 atom stereocenters. The van der Waals surface area contributed by atoms with Crippen molar-refractivity contribution in [3.8, 4) is 0 Å². The second-order valence-electron chi connectivity index (χ2n) is 5.30. The Labute approximate surface area is 118 Å². The van der Waals surface area contributed by atoms with E-state index in [9.17, 15) is 9.59 Å². The van der Waals surface area contributed by atoms with Crippen LogP contribution in [-0.2, 0) is 14.3 Å². The quantitative estimate of drug-likeness (QED) is 0.353. The molecule has 0 aliphatic carbocycles. The van der Waals surface area contributed by atoms with E-state index in [4.69, 9.17) is 4.74 Å². The Morgan fingerprint density at radius 2 is 1.37 bits per heavy atom. The Bertz CT molecular complexity index is 236. The van der Waals surface area contributed by atoms with Gasteiger partial charge in [-0.15, -0.1) is 0 Å². The maximum Gasteiger partial charge on any atom is 0.165 e. The van der Waals surface area contributed by atoms with E-state index < -0.39 is 0 Å². The van der Waals surface area contributed by atoms with Crippen molar-refractivity contribution in [2.75, 3.05) is 13.2 Å². The topological polar surface area (TPSA) is 43.4 Å². The summed E-state index contributed by atoms with van der Waals surface area (Å²) in [4.78, 5) is 21.8. The summed E-state index contributed by atoms with van der Waals surface area (Å²) in [6.45, 7) is 4.40. The zero-order valence-electron chi connectivity index (χ0n) is 12.7. The summed E-state index contributed by atoms with van der Waals surface area (Å²) in [5.74, 6) is -0.194. The molecule has 0 amide bonds. The second-order valence-corrected chi connectivity index (χ2v) is 5.30. The van der Waals surface area contributed by atoms with Crippen molar-refractivity contribution in [1.82, 2.24) is 0 Å². The molecule has 19 heavy (non-hydrogen) atoms. The number of unbranched alkanes of at least 4 members (excludes halogenated alkanes) is 8. The molecule has 0 fully saturated rings. The fourth-order valence-corrected chi connectivity index (χ4v) is 2.03. The third kappa shape index (κ3) is 15.2. The lowest BCUT2D eigenvalue weighted by Crippen LogP contribution is -2.12. The minimum absolute atomic E-state index is 0.0117. The molecular formula is C16H30O3.